The van der Waals surface area contributed by atoms with Gasteiger partial charge in [0.15, 0.2) is 0 Å². The summed E-state index contributed by atoms with van der Waals surface area (Å²) in [5.74, 6) is -0.199. The van der Waals surface area contributed by atoms with Crippen LogP contribution < -0.4 is 5.32 Å². The first kappa shape index (κ1) is 16.0. The summed E-state index contributed by atoms with van der Waals surface area (Å²) in [6.45, 7) is 2.13. The van der Waals surface area contributed by atoms with Crippen LogP contribution in [0.3, 0.4) is 0 Å². The number of halogens is 1. The molecule has 0 bridgehead atoms. The molecule has 0 saturated carbocycles. The fourth-order valence-corrected chi connectivity index (χ4v) is 2.19. The van der Waals surface area contributed by atoms with E-state index in [1.165, 1.54) is 17.1 Å². The second-order valence-electron chi connectivity index (χ2n) is 4.69. The van der Waals surface area contributed by atoms with Gasteiger partial charge in [-0.1, -0.05) is 11.6 Å². The highest BCUT2D eigenvalue weighted by atomic mass is 35.5. The van der Waals surface area contributed by atoms with Crippen LogP contribution in [0, 0.1) is 17.0 Å². The summed E-state index contributed by atoms with van der Waals surface area (Å²) < 4.78 is 3.03. The summed E-state index contributed by atoms with van der Waals surface area (Å²) in [6, 6.07) is 0. The number of carbonyl (C=O) groups is 1. The number of rotatable bonds is 6. The molecule has 1 amide bonds. The van der Waals surface area contributed by atoms with E-state index in [9.17, 15) is 14.9 Å². The minimum atomic E-state index is -0.497. The molecule has 2 aromatic rings. The minimum Gasteiger partial charge on any atom is -0.350 e. The van der Waals surface area contributed by atoms with E-state index >= 15 is 0 Å². The molecule has 0 aliphatic carbocycles. The molecule has 1 N–H and O–H groups in total. The van der Waals surface area contributed by atoms with Crippen molar-refractivity contribution in [3.05, 3.63) is 38.9 Å². The molecule has 0 atom stereocenters. The van der Waals surface area contributed by atoms with Gasteiger partial charge < -0.3 is 5.32 Å². The monoisotopic (exact) mass is 326 g/mol. The van der Waals surface area contributed by atoms with Crippen LogP contribution in [0.15, 0.2) is 12.4 Å². The Morgan fingerprint density at radius 2 is 2.18 bits per heavy atom. The van der Waals surface area contributed by atoms with Crippen molar-refractivity contribution in [3.8, 4) is 0 Å². The van der Waals surface area contributed by atoms with Crippen molar-refractivity contribution in [2.45, 2.75) is 26.4 Å². The molecule has 10 heteroatoms. The Bertz CT molecular complexity index is 688. The van der Waals surface area contributed by atoms with E-state index in [2.05, 4.69) is 15.5 Å². The Morgan fingerprint density at radius 3 is 2.73 bits per heavy atom. The normalized spacial score (nSPS) is 10.7. The van der Waals surface area contributed by atoms with E-state index in [1.54, 1.807) is 18.7 Å². The molecule has 22 heavy (non-hydrogen) atoms. The van der Waals surface area contributed by atoms with Gasteiger partial charge in [-0.05, 0) is 6.92 Å². The number of aromatic nitrogens is 4. The number of hydrogen-bond donors (Lipinski definition) is 1. The smallest absolute Gasteiger partial charge is 0.309 e. The largest absolute Gasteiger partial charge is 0.350 e. The highest BCUT2D eigenvalue weighted by Gasteiger charge is 2.16. The lowest BCUT2D eigenvalue weighted by molar-refractivity contribution is -0.385. The van der Waals surface area contributed by atoms with Gasteiger partial charge >= 0.3 is 5.69 Å². The lowest BCUT2D eigenvalue weighted by Crippen LogP contribution is -2.25. The van der Waals surface area contributed by atoms with Gasteiger partial charge in [0.1, 0.15) is 11.9 Å². The molecule has 2 rings (SSSR count). The lowest BCUT2D eigenvalue weighted by atomic mass is 10.3. The van der Waals surface area contributed by atoms with E-state index in [0.717, 1.165) is 0 Å². The molecule has 0 aliphatic heterocycles. The number of nitrogens with zero attached hydrogens (tertiary/aromatic N) is 5. The number of carbonyl (C=O) groups excluding carboxylic acids is 1. The quantitative estimate of drug-likeness (QED) is 0.633. The molecule has 118 valence electrons. The first-order chi connectivity index (χ1) is 10.4. The lowest BCUT2D eigenvalue weighted by Gasteiger charge is -2.07. The third-order valence-electron chi connectivity index (χ3n) is 3.29. The highest BCUT2D eigenvalue weighted by molar-refractivity contribution is 6.31. The number of hydrogen-bond acceptors (Lipinski definition) is 5. The molecule has 9 nitrogen and oxygen atoms in total. The van der Waals surface area contributed by atoms with Crippen molar-refractivity contribution in [2.75, 3.05) is 0 Å². The third kappa shape index (κ3) is 3.42. The zero-order valence-corrected chi connectivity index (χ0v) is 12.9. The molecule has 0 fully saturated rings. The number of nitro groups is 1. The Morgan fingerprint density at radius 1 is 1.45 bits per heavy atom. The summed E-state index contributed by atoms with van der Waals surface area (Å²) >= 11 is 5.94. The van der Waals surface area contributed by atoms with Gasteiger partial charge in [-0.3, -0.25) is 24.3 Å². The van der Waals surface area contributed by atoms with Gasteiger partial charge in [0.05, 0.1) is 34.9 Å². The molecule has 0 radical (unpaired) electrons. The molecule has 0 aromatic carbocycles. The van der Waals surface area contributed by atoms with E-state index < -0.39 is 4.92 Å². The molecule has 0 aliphatic rings. The SMILES string of the molecule is Cc1c([N+](=O)[O-])cnn1CCC(=O)NCc1c(Cl)cnn1C. The minimum absolute atomic E-state index is 0.0536. The van der Waals surface area contributed by atoms with Crippen LogP contribution in [0.5, 0.6) is 0 Å². The topological polar surface area (TPSA) is 108 Å². The van der Waals surface area contributed by atoms with Crippen molar-refractivity contribution in [1.82, 2.24) is 24.9 Å². The van der Waals surface area contributed by atoms with Crippen LogP contribution in [0.2, 0.25) is 5.02 Å². The van der Waals surface area contributed by atoms with Crippen LogP contribution in [0.4, 0.5) is 5.69 Å². The van der Waals surface area contributed by atoms with Crippen LogP contribution >= 0.6 is 11.6 Å². The fourth-order valence-electron chi connectivity index (χ4n) is 1.95. The molecule has 0 saturated heterocycles. The standard InChI is InChI=1S/C12H15ClN6O3/c1-8-10(19(21)22)7-16-18(8)4-3-12(20)14-6-11-9(13)5-15-17(11)2/h5,7H,3-4,6H2,1-2H3,(H,14,20). The van der Waals surface area contributed by atoms with E-state index in [4.69, 9.17) is 11.6 Å². The average Bonchev–Trinajstić information content (AvgIpc) is 2.98. The van der Waals surface area contributed by atoms with E-state index in [0.29, 0.717) is 16.4 Å². The van der Waals surface area contributed by atoms with E-state index in [1.807, 2.05) is 0 Å². The second kappa shape index (κ2) is 6.56. The maximum Gasteiger partial charge on any atom is 0.309 e. The Labute approximate surface area is 131 Å². The summed E-state index contributed by atoms with van der Waals surface area (Å²) in [6.07, 6.45) is 2.85. The van der Waals surface area contributed by atoms with Crippen molar-refractivity contribution in [2.24, 2.45) is 7.05 Å². The first-order valence-electron chi connectivity index (χ1n) is 6.50. The average molecular weight is 327 g/mol. The highest BCUT2D eigenvalue weighted by Crippen LogP contribution is 2.16. The Kier molecular flexibility index (Phi) is 4.76. The third-order valence-corrected chi connectivity index (χ3v) is 3.60. The molecule has 2 aromatic heterocycles. The summed E-state index contributed by atoms with van der Waals surface area (Å²) in [4.78, 5) is 22.1. The summed E-state index contributed by atoms with van der Waals surface area (Å²) in [7, 11) is 1.74. The Balaban J connectivity index is 1.87. The fraction of sp³-hybridized carbons (Fsp3) is 0.417. The van der Waals surface area contributed by atoms with Gasteiger partial charge in [0.25, 0.3) is 0 Å². The summed E-state index contributed by atoms with van der Waals surface area (Å²) in [5.41, 5.74) is 1.08. The van der Waals surface area contributed by atoms with E-state index in [-0.39, 0.29) is 31.1 Å². The molecular weight excluding hydrogens is 312 g/mol. The Hall–Kier alpha value is -2.42. The molecule has 0 spiro atoms. The van der Waals surface area contributed by atoms with Crippen molar-refractivity contribution in [1.29, 1.82) is 0 Å². The molecular formula is C12H15ClN6O3. The molecule has 2 heterocycles. The van der Waals surface area contributed by atoms with Crippen LogP contribution in [-0.4, -0.2) is 30.4 Å². The molecule has 0 unspecified atom stereocenters. The number of aryl methyl sites for hydroxylation is 2. The van der Waals surface area contributed by atoms with Gasteiger partial charge in [-0.25, -0.2) is 0 Å². The zero-order chi connectivity index (χ0) is 16.3. The number of nitrogens with one attached hydrogen (secondary N) is 1. The second-order valence-corrected chi connectivity index (χ2v) is 5.09. The van der Waals surface area contributed by atoms with Crippen molar-refractivity contribution in [3.63, 3.8) is 0 Å². The first-order valence-corrected chi connectivity index (χ1v) is 6.87. The van der Waals surface area contributed by atoms with Gasteiger partial charge in [0, 0.05) is 13.5 Å². The van der Waals surface area contributed by atoms with Gasteiger partial charge in [-0.2, -0.15) is 10.2 Å². The number of amides is 1. The van der Waals surface area contributed by atoms with Crippen LogP contribution in [0.25, 0.3) is 0 Å². The summed E-state index contributed by atoms with van der Waals surface area (Å²) in [5, 5.41) is 21.8. The van der Waals surface area contributed by atoms with Crippen molar-refractivity contribution >= 4 is 23.2 Å². The maximum atomic E-state index is 11.8. The van der Waals surface area contributed by atoms with Crippen LogP contribution in [-0.2, 0) is 24.9 Å². The zero-order valence-electron chi connectivity index (χ0n) is 12.1. The van der Waals surface area contributed by atoms with Gasteiger partial charge in [-0.15, -0.1) is 0 Å². The van der Waals surface area contributed by atoms with Gasteiger partial charge in [0.2, 0.25) is 5.91 Å². The van der Waals surface area contributed by atoms with Crippen molar-refractivity contribution < 1.29 is 9.72 Å². The maximum absolute atomic E-state index is 11.8. The predicted molar refractivity (Wildman–Crippen MR) is 78.3 cm³/mol. The van der Waals surface area contributed by atoms with Crippen LogP contribution in [0.1, 0.15) is 17.8 Å². The predicted octanol–water partition coefficient (Wildman–Crippen LogP) is 1.19.